The summed E-state index contributed by atoms with van der Waals surface area (Å²) in [6.07, 6.45) is 1.29. The molecule has 2 aliphatic heterocycles. The van der Waals surface area contributed by atoms with E-state index in [2.05, 4.69) is 24.3 Å². The van der Waals surface area contributed by atoms with Gasteiger partial charge in [0.15, 0.2) is 5.60 Å². The van der Waals surface area contributed by atoms with Gasteiger partial charge in [0.25, 0.3) is 5.91 Å². The van der Waals surface area contributed by atoms with Crippen molar-refractivity contribution in [2.45, 2.75) is 30.5 Å². The standard InChI is InChI=1S/C25H24N2O2/c1-26-22(19-11-5-2-6-12-19)17-25(24(26)28)18-23(20-13-7-3-8-14-20)27(29-25)21-15-9-4-10-16-21/h2-16,22-23H,17-18H2,1H3/t22-,23+,25-/m1/s1. The Morgan fingerprint density at radius 2 is 1.24 bits per heavy atom. The number of carbonyl (C=O) groups excluding carboxylic acids is 1. The molecule has 4 nitrogen and oxygen atoms in total. The predicted molar refractivity (Wildman–Crippen MR) is 113 cm³/mol. The number of hydrogen-bond acceptors (Lipinski definition) is 3. The van der Waals surface area contributed by atoms with Crippen molar-refractivity contribution in [3.05, 3.63) is 102 Å². The summed E-state index contributed by atoms with van der Waals surface area (Å²) >= 11 is 0. The van der Waals surface area contributed by atoms with Gasteiger partial charge in [0.1, 0.15) is 0 Å². The number of amides is 1. The molecule has 3 aromatic carbocycles. The highest BCUT2D eigenvalue weighted by Crippen LogP contribution is 2.51. The highest BCUT2D eigenvalue weighted by molar-refractivity contribution is 5.89. The zero-order valence-electron chi connectivity index (χ0n) is 16.4. The van der Waals surface area contributed by atoms with E-state index in [4.69, 9.17) is 4.84 Å². The number of benzene rings is 3. The Labute approximate surface area is 171 Å². The fraction of sp³-hybridized carbons (Fsp3) is 0.240. The van der Waals surface area contributed by atoms with Crippen molar-refractivity contribution >= 4 is 11.6 Å². The quantitative estimate of drug-likeness (QED) is 0.643. The molecule has 1 spiro atoms. The molecule has 0 aromatic heterocycles. The van der Waals surface area contributed by atoms with E-state index in [9.17, 15) is 4.79 Å². The molecule has 29 heavy (non-hydrogen) atoms. The third kappa shape index (κ3) is 3.00. The molecule has 2 aliphatic rings. The number of likely N-dealkylation sites (N-methyl/N-ethyl adjacent to an activating group) is 1. The fourth-order valence-electron chi connectivity index (χ4n) is 4.68. The van der Waals surface area contributed by atoms with Crippen LogP contribution in [0.2, 0.25) is 0 Å². The number of hydrogen-bond donors (Lipinski definition) is 0. The molecule has 146 valence electrons. The highest BCUT2D eigenvalue weighted by Gasteiger charge is 2.59. The molecule has 2 heterocycles. The van der Waals surface area contributed by atoms with Gasteiger partial charge in [-0.3, -0.25) is 9.63 Å². The minimum Gasteiger partial charge on any atom is -0.336 e. The lowest BCUT2D eigenvalue weighted by Gasteiger charge is -2.26. The number of rotatable bonds is 3. The Hall–Kier alpha value is -3.11. The van der Waals surface area contributed by atoms with E-state index in [1.807, 2.05) is 83.7 Å². The summed E-state index contributed by atoms with van der Waals surface area (Å²) in [6.45, 7) is 0. The second-order valence-corrected chi connectivity index (χ2v) is 7.92. The Kier molecular flexibility index (Phi) is 4.36. The van der Waals surface area contributed by atoms with Gasteiger partial charge in [0.05, 0.1) is 17.8 Å². The normalized spacial score (nSPS) is 26.4. The van der Waals surface area contributed by atoms with Gasteiger partial charge in [-0.05, 0) is 23.3 Å². The van der Waals surface area contributed by atoms with Crippen LogP contribution in [0.25, 0.3) is 0 Å². The number of anilines is 1. The van der Waals surface area contributed by atoms with E-state index >= 15 is 0 Å². The third-order valence-corrected chi connectivity index (χ3v) is 6.16. The molecule has 1 amide bonds. The maximum atomic E-state index is 13.4. The second-order valence-electron chi connectivity index (χ2n) is 7.92. The summed E-state index contributed by atoms with van der Waals surface area (Å²) in [5.41, 5.74) is 2.44. The molecule has 4 heteroatoms. The summed E-state index contributed by atoms with van der Waals surface area (Å²) in [5.74, 6) is 0.0608. The first kappa shape index (κ1) is 18.0. The summed E-state index contributed by atoms with van der Waals surface area (Å²) < 4.78 is 0. The highest BCUT2D eigenvalue weighted by atomic mass is 16.7. The summed E-state index contributed by atoms with van der Waals surface area (Å²) in [4.78, 5) is 21.8. The van der Waals surface area contributed by atoms with Crippen molar-refractivity contribution in [2.75, 3.05) is 12.1 Å². The Balaban J connectivity index is 1.53. The summed E-state index contributed by atoms with van der Waals surface area (Å²) in [5, 5.41) is 1.94. The van der Waals surface area contributed by atoms with E-state index in [1.54, 1.807) is 0 Å². The van der Waals surface area contributed by atoms with Crippen molar-refractivity contribution in [1.82, 2.24) is 4.90 Å². The van der Waals surface area contributed by atoms with Crippen molar-refractivity contribution in [3.8, 4) is 0 Å². The third-order valence-electron chi connectivity index (χ3n) is 6.16. The maximum Gasteiger partial charge on any atom is 0.258 e. The molecule has 0 unspecified atom stereocenters. The minimum absolute atomic E-state index is 0.00882. The molecule has 0 saturated carbocycles. The van der Waals surface area contributed by atoms with Gasteiger partial charge in [-0.1, -0.05) is 78.9 Å². The molecule has 3 atom stereocenters. The largest absolute Gasteiger partial charge is 0.336 e. The SMILES string of the molecule is CN1C(=O)[C@@]2(C[C@@H]1c1ccccc1)C[C@@H](c1ccccc1)N(c1ccccc1)O2. The van der Waals surface area contributed by atoms with Gasteiger partial charge < -0.3 is 4.90 Å². The molecular weight excluding hydrogens is 360 g/mol. The number of likely N-dealkylation sites (tertiary alicyclic amines) is 1. The first-order valence-electron chi connectivity index (χ1n) is 10.1. The van der Waals surface area contributed by atoms with Gasteiger partial charge in [-0.2, -0.15) is 0 Å². The van der Waals surface area contributed by atoms with Crippen LogP contribution in [0.15, 0.2) is 91.0 Å². The lowest BCUT2D eigenvalue weighted by molar-refractivity contribution is -0.144. The van der Waals surface area contributed by atoms with E-state index in [0.717, 1.165) is 16.8 Å². The minimum atomic E-state index is -0.842. The van der Waals surface area contributed by atoms with Crippen LogP contribution in [0, 0.1) is 0 Å². The lowest BCUT2D eigenvalue weighted by atomic mass is 9.88. The molecule has 3 aromatic rings. The first-order valence-corrected chi connectivity index (χ1v) is 10.1. The number of nitrogens with zero attached hydrogens (tertiary/aromatic N) is 2. The topological polar surface area (TPSA) is 32.8 Å². The first-order chi connectivity index (χ1) is 14.2. The molecule has 0 aliphatic carbocycles. The zero-order chi connectivity index (χ0) is 19.8. The van der Waals surface area contributed by atoms with Gasteiger partial charge >= 0.3 is 0 Å². The van der Waals surface area contributed by atoms with Gasteiger partial charge in [-0.25, -0.2) is 5.06 Å². The Morgan fingerprint density at radius 1 is 0.759 bits per heavy atom. The van der Waals surface area contributed by atoms with Crippen LogP contribution in [0.1, 0.15) is 36.1 Å². The Bertz CT molecular complexity index is 944. The predicted octanol–water partition coefficient (Wildman–Crippen LogP) is 4.91. The van der Waals surface area contributed by atoms with Crippen molar-refractivity contribution < 1.29 is 9.63 Å². The van der Waals surface area contributed by atoms with Gasteiger partial charge in [0.2, 0.25) is 0 Å². The molecule has 2 fully saturated rings. The molecule has 0 radical (unpaired) electrons. The van der Waals surface area contributed by atoms with Crippen LogP contribution in [0.3, 0.4) is 0 Å². The van der Waals surface area contributed by atoms with Crippen LogP contribution >= 0.6 is 0 Å². The van der Waals surface area contributed by atoms with Gasteiger partial charge in [0, 0.05) is 19.9 Å². The van der Waals surface area contributed by atoms with Crippen LogP contribution in [0.5, 0.6) is 0 Å². The van der Waals surface area contributed by atoms with Crippen molar-refractivity contribution in [2.24, 2.45) is 0 Å². The lowest BCUT2D eigenvalue weighted by Crippen LogP contribution is -2.39. The monoisotopic (exact) mass is 384 g/mol. The van der Waals surface area contributed by atoms with E-state index < -0.39 is 5.60 Å². The van der Waals surface area contributed by atoms with Gasteiger partial charge in [-0.15, -0.1) is 0 Å². The average molecular weight is 384 g/mol. The maximum absolute atomic E-state index is 13.4. The molecule has 0 bridgehead atoms. The fourth-order valence-corrected chi connectivity index (χ4v) is 4.68. The zero-order valence-corrected chi connectivity index (χ0v) is 16.4. The summed E-state index contributed by atoms with van der Waals surface area (Å²) in [6, 6.07) is 30.6. The molecule has 2 saturated heterocycles. The van der Waals surface area contributed by atoms with Crippen LogP contribution < -0.4 is 5.06 Å². The smallest absolute Gasteiger partial charge is 0.258 e. The van der Waals surface area contributed by atoms with E-state index in [-0.39, 0.29) is 18.0 Å². The number of hydroxylamine groups is 1. The van der Waals surface area contributed by atoms with Crippen LogP contribution in [-0.4, -0.2) is 23.5 Å². The molecule has 5 rings (SSSR count). The second kappa shape index (κ2) is 7.05. The average Bonchev–Trinajstić information content (AvgIpc) is 3.29. The van der Waals surface area contributed by atoms with Crippen LogP contribution in [0.4, 0.5) is 5.69 Å². The van der Waals surface area contributed by atoms with Crippen LogP contribution in [-0.2, 0) is 9.63 Å². The number of carbonyl (C=O) groups is 1. The van der Waals surface area contributed by atoms with E-state index in [0.29, 0.717) is 12.8 Å². The van der Waals surface area contributed by atoms with Crippen molar-refractivity contribution in [1.29, 1.82) is 0 Å². The van der Waals surface area contributed by atoms with E-state index in [1.165, 1.54) is 0 Å². The number of para-hydroxylation sites is 1. The summed E-state index contributed by atoms with van der Waals surface area (Å²) in [7, 11) is 1.89. The van der Waals surface area contributed by atoms with Crippen molar-refractivity contribution in [3.63, 3.8) is 0 Å². The molecule has 0 N–H and O–H groups in total. The Morgan fingerprint density at radius 3 is 1.83 bits per heavy atom. The molecular formula is C25H24N2O2.